The molecule has 1 N–H and O–H groups in total. The fraction of sp³-hybridized carbons (Fsp3) is 0.429. The van der Waals surface area contributed by atoms with Gasteiger partial charge in [0.15, 0.2) is 0 Å². The maximum absolute atomic E-state index is 3.73. The van der Waals surface area contributed by atoms with Crippen LogP contribution in [0.5, 0.6) is 0 Å². The summed E-state index contributed by atoms with van der Waals surface area (Å²) in [6.45, 7) is 15.8. The molecule has 86 valence electrons. The summed E-state index contributed by atoms with van der Waals surface area (Å²) in [6.07, 6.45) is 5.92. The highest BCUT2D eigenvalue weighted by Gasteiger charge is 1.97. The molecule has 0 radical (unpaired) electrons. The molecule has 1 nitrogen and oxygen atoms in total. The van der Waals surface area contributed by atoms with Gasteiger partial charge >= 0.3 is 0 Å². The van der Waals surface area contributed by atoms with Crippen LogP contribution in [-0.2, 0) is 0 Å². The number of H-pyrrole nitrogens is 1. The largest absolute Gasteiger partial charge is 0.359 e. The zero-order valence-corrected chi connectivity index (χ0v) is 11.0. The van der Waals surface area contributed by atoms with Gasteiger partial charge in [0.1, 0.15) is 0 Å². The van der Waals surface area contributed by atoms with Gasteiger partial charge in [-0.1, -0.05) is 46.4 Å². The number of hydrogen-bond acceptors (Lipinski definition) is 0. The molecule has 0 aromatic carbocycles. The molecule has 0 aliphatic rings. The number of rotatable bonds is 2. The quantitative estimate of drug-likeness (QED) is 0.698. The minimum absolute atomic E-state index is 1.14. The molecule has 1 aromatic heterocycles. The first-order chi connectivity index (χ1) is 7.27. The average molecular weight is 207 g/mol. The lowest BCUT2D eigenvalue weighted by atomic mass is 10.2. The zero-order valence-electron chi connectivity index (χ0n) is 11.0. The molecule has 1 aromatic rings. The minimum Gasteiger partial charge on any atom is -0.359 e. The van der Waals surface area contributed by atoms with E-state index in [1.54, 1.807) is 0 Å². The summed E-state index contributed by atoms with van der Waals surface area (Å²) in [5, 5.41) is 0. The lowest BCUT2D eigenvalue weighted by Crippen LogP contribution is -1.73. The van der Waals surface area contributed by atoms with E-state index in [4.69, 9.17) is 0 Å². The van der Waals surface area contributed by atoms with Gasteiger partial charge in [0, 0.05) is 11.4 Å². The predicted molar refractivity (Wildman–Crippen MR) is 73.0 cm³/mol. The highest BCUT2D eigenvalue weighted by Crippen LogP contribution is 2.12. The van der Waals surface area contributed by atoms with Gasteiger partial charge in [0.05, 0.1) is 0 Å². The Morgan fingerprint density at radius 2 is 1.73 bits per heavy atom. The van der Waals surface area contributed by atoms with Gasteiger partial charge in [-0.15, -0.1) is 0 Å². The maximum atomic E-state index is 3.73. The second-order valence-electron chi connectivity index (χ2n) is 2.53. The van der Waals surface area contributed by atoms with E-state index in [1.807, 2.05) is 59.8 Å². The Labute approximate surface area is 94.9 Å². The molecular weight excluding hydrogens is 182 g/mol. The Balaban J connectivity index is 0. The van der Waals surface area contributed by atoms with Crippen molar-refractivity contribution in [1.82, 2.24) is 4.98 Å². The third-order valence-corrected chi connectivity index (χ3v) is 1.57. The van der Waals surface area contributed by atoms with Crippen LogP contribution in [0, 0.1) is 6.92 Å². The van der Waals surface area contributed by atoms with E-state index in [0.29, 0.717) is 0 Å². The van der Waals surface area contributed by atoms with Gasteiger partial charge in [0.25, 0.3) is 0 Å². The van der Waals surface area contributed by atoms with E-state index in [9.17, 15) is 0 Å². The van der Waals surface area contributed by atoms with Crippen molar-refractivity contribution in [3.05, 3.63) is 35.7 Å². The Kier molecular flexibility index (Phi) is 11.7. The van der Waals surface area contributed by atoms with Gasteiger partial charge in [-0.05, 0) is 31.6 Å². The van der Waals surface area contributed by atoms with Crippen LogP contribution < -0.4 is 0 Å². The Morgan fingerprint density at radius 1 is 1.20 bits per heavy atom. The summed E-state index contributed by atoms with van der Waals surface area (Å²) in [7, 11) is 0. The number of hydrogen-bond donors (Lipinski definition) is 1. The third-order valence-electron chi connectivity index (χ3n) is 1.57. The lowest BCUT2D eigenvalue weighted by Gasteiger charge is -1.88. The second kappa shape index (κ2) is 10.8. The van der Waals surface area contributed by atoms with Crippen LogP contribution in [0.1, 0.15) is 51.6 Å². The average Bonchev–Trinajstić information content (AvgIpc) is 2.65. The third kappa shape index (κ3) is 5.95. The van der Waals surface area contributed by atoms with Crippen LogP contribution in [0.4, 0.5) is 0 Å². The first kappa shape index (κ1) is 16.2. The molecule has 0 atom stereocenters. The lowest BCUT2D eigenvalue weighted by molar-refractivity contribution is 1.25. The molecule has 0 amide bonds. The summed E-state index contributed by atoms with van der Waals surface area (Å²) in [6, 6.07) is 2.09. The number of nitrogens with one attached hydrogen (secondary N) is 1. The van der Waals surface area contributed by atoms with Crippen molar-refractivity contribution in [2.75, 3.05) is 0 Å². The number of aromatic nitrogens is 1. The first-order valence-corrected chi connectivity index (χ1v) is 5.72. The van der Waals surface area contributed by atoms with E-state index in [-0.39, 0.29) is 0 Å². The van der Waals surface area contributed by atoms with Gasteiger partial charge in [-0.2, -0.15) is 0 Å². The molecule has 0 fully saturated rings. The van der Waals surface area contributed by atoms with Crippen LogP contribution in [0.3, 0.4) is 0 Å². The number of aromatic amines is 1. The van der Waals surface area contributed by atoms with E-state index in [1.165, 1.54) is 11.3 Å². The Hall–Kier alpha value is -1.24. The van der Waals surface area contributed by atoms with Crippen molar-refractivity contribution in [3.8, 4) is 0 Å². The van der Waals surface area contributed by atoms with Gasteiger partial charge in [-0.3, -0.25) is 0 Å². The van der Waals surface area contributed by atoms with Crippen molar-refractivity contribution >= 4 is 12.2 Å². The van der Waals surface area contributed by atoms with Crippen molar-refractivity contribution < 1.29 is 0 Å². The summed E-state index contributed by atoms with van der Waals surface area (Å²) >= 11 is 0. The van der Waals surface area contributed by atoms with Crippen LogP contribution in [0.25, 0.3) is 12.2 Å². The first-order valence-electron chi connectivity index (χ1n) is 5.72. The summed E-state index contributed by atoms with van der Waals surface area (Å²) < 4.78 is 0. The van der Waals surface area contributed by atoms with Crippen molar-refractivity contribution in [1.29, 1.82) is 0 Å². The Bertz CT molecular complexity index is 280. The molecule has 0 aliphatic heterocycles. The molecule has 0 aliphatic carbocycles. The minimum atomic E-state index is 1.14. The molecule has 0 spiro atoms. The number of aryl methyl sites for hydroxylation is 1. The molecular formula is C14H25N. The van der Waals surface area contributed by atoms with Crippen LogP contribution in [-0.4, -0.2) is 4.98 Å². The molecule has 1 heteroatoms. The topological polar surface area (TPSA) is 15.8 Å². The van der Waals surface area contributed by atoms with Crippen LogP contribution >= 0.6 is 0 Å². The standard InChI is InChI=1S/C10H13N.2C2H6/c1-4-6-10-9(5-2)7-8(3)11-10;2*1-2/h4-7,11H,2H2,1,3H3;2*1-2H3/b6-4-;;. The molecule has 0 saturated heterocycles. The molecule has 1 heterocycles. The summed E-state index contributed by atoms with van der Waals surface area (Å²) in [4.78, 5) is 3.24. The van der Waals surface area contributed by atoms with Gasteiger partial charge in [0.2, 0.25) is 0 Å². The Morgan fingerprint density at radius 3 is 2.13 bits per heavy atom. The molecule has 0 bridgehead atoms. The van der Waals surface area contributed by atoms with Gasteiger partial charge in [-0.25, -0.2) is 0 Å². The van der Waals surface area contributed by atoms with E-state index in [2.05, 4.69) is 17.6 Å². The van der Waals surface area contributed by atoms with Crippen molar-refractivity contribution in [2.45, 2.75) is 41.5 Å². The highest BCUT2D eigenvalue weighted by atomic mass is 14.7. The highest BCUT2D eigenvalue weighted by molar-refractivity contribution is 5.62. The predicted octanol–water partition coefficient (Wildman–Crippen LogP) is 5.05. The summed E-state index contributed by atoms with van der Waals surface area (Å²) in [5.41, 5.74) is 3.48. The fourth-order valence-electron chi connectivity index (χ4n) is 1.11. The molecule has 0 saturated carbocycles. The van der Waals surface area contributed by atoms with Crippen LogP contribution in [0.15, 0.2) is 18.7 Å². The SMILES string of the molecule is C=Cc1cc(C)[nH]c1/C=C\C.CC.CC. The maximum Gasteiger partial charge on any atom is 0.0452 e. The smallest absolute Gasteiger partial charge is 0.0452 e. The van der Waals surface area contributed by atoms with Gasteiger partial charge < -0.3 is 4.98 Å². The molecule has 15 heavy (non-hydrogen) atoms. The zero-order chi connectivity index (χ0) is 12.3. The fourth-order valence-corrected chi connectivity index (χ4v) is 1.11. The van der Waals surface area contributed by atoms with Crippen molar-refractivity contribution in [3.63, 3.8) is 0 Å². The monoisotopic (exact) mass is 207 g/mol. The van der Waals surface area contributed by atoms with E-state index >= 15 is 0 Å². The molecule has 1 rings (SSSR count). The number of allylic oxidation sites excluding steroid dienone is 1. The second-order valence-corrected chi connectivity index (χ2v) is 2.53. The summed E-state index contributed by atoms with van der Waals surface area (Å²) in [5.74, 6) is 0. The molecule has 0 unspecified atom stereocenters. The van der Waals surface area contributed by atoms with Crippen molar-refractivity contribution in [2.24, 2.45) is 0 Å². The normalized spacial score (nSPS) is 8.67. The van der Waals surface area contributed by atoms with Crippen LogP contribution in [0.2, 0.25) is 0 Å². The van der Waals surface area contributed by atoms with E-state index in [0.717, 1.165) is 5.69 Å². The van der Waals surface area contributed by atoms with E-state index < -0.39 is 0 Å².